The number of nitrogens with zero attached hydrogens (tertiary/aromatic N) is 3. The lowest BCUT2D eigenvalue weighted by Crippen LogP contribution is -2.42. The summed E-state index contributed by atoms with van der Waals surface area (Å²) in [6.07, 6.45) is 6.17. The third-order valence-electron chi connectivity index (χ3n) is 4.35. The summed E-state index contributed by atoms with van der Waals surface area (Å²) in [5.74, 6) is 1.82. The van der Waals surface area contributed by atoms with Crippen molar-refractivity contribution in [3.05, 3.63) is 54.1 Å². The van der Waals surface area contributed by atoms with Crippen LogP contribution in [0.15, 0.2) is 47.7 Å². The largest absolute Gasteiger partial charge is 0.354 e. The zero-order valence-corrected chi connectivity index (χ0v) is 19.5. The van der Waals surface area contributed by atoms with Crippen LogP contribution >= 0.6 is 24.0 Å². The van der Waals surface area contributed by atoms with Gasteiger partial charge in [0.25, 0.3) is 0 Å². The van der Waals surface area contributed by atoms with Crippen LogP contribution in [-0.4, -0.2) is 28.6 Å². The molecule has 0 bridgehead atoms. The van der Waals surface area contributed by atoms with Crippen molar-refractivity contribution in [2.75, 3.05) is 7.05 Å². The van der Waals surface area contributed by atoms with Crippen molar-refractivity contribution in [3.63, 3.8) is 0 Å². The fraction of sp³-hybridized carbons (Fsp3) is 0.524. The Morgan fingerprint density at radius 1 is 1.22 bits per heavy atom. The van der Waals surface area contributed by atoms with Gasteiger partial charge in [-0.1, -0.05) is 51.1 Å². The van der Waals surface area contributed by atoms with Gasteiger partial charge in [-0.3, -0.25) is 4.99 Å². The summed E-state index contributed by atoms with van der Waals surface area (Å²) in [6, 6.07) is 10.8. The number of guanidine groups is 1. The SMILES string of the molecule is CN=C(NCc1nccn1Cc1ccccc1)NC(C)CCC(C)(C)C.I. The zero-order chi connectivity index (χ0) is 19.0. The van der Waals surface area contributed by atoms with Gasteiger partial charge in [0, 0.05) is 32.0 Å². The average Bonchev–Trinajstić information content (AvgIpc) is 3.04. The van der Waals surface area contributed by atoms with Gasteiger partial charge in [-0.15, -0.1) is 24.0 Å². The Labute approximate surface area is 181 Å². The Morgan fingerprint density at radius 2 is 1.93 bits per heavy atom. The number of hydrogen-bond donors (Lipinski definition) is 2. The maximum atomic E-state index is 4.48. The number of aromatic nitrogens is 2. The van der Waals surface area contributed by atoms with E-state index in [2.05, 4.69) is 77.1 Å². The second-order valence-electron chi connectivity index (χ2n) is 8.03. The summed E-state index contributed by atoms with van der Waals surface area (Å²) < 4.78 is 2.17. The lowest BCUT2D eigenvalue weighted by atomic mass is 9.89. The Kier molecular flexibility index (Phi) is 9.83. The monoisotopic (exact) mass is 483 g/mol. The average molecular weight is 483 g/mol. The van der Waals surface area contributed by atoms with Gasteiger partial charge in [0.15, 0.2) is 5.96 Å². The van der Waals surface area contributed by atoms with Crippen LogP contribution in [0.2, 0.25) is 0 Å². The molecular weight excluding hydrogens is 449 g/mol. The van der Waals surface area contributed by atoms with Crippen molar-refractivity contribution >= 4 is 29.9 Å². The summed E-state index contributed by atoms with van der Waals surface area (Å²) in [6.45, 7) is 10.5. The second-order valence-corrected chi connectivity index (χ2v) is 8.03. The van der Waals surface area contributed by atoms with Crippen LogP contribution in [0.1, 0.15) is 51.9 Å². The van der Waals surface area contributed by atoms with E-state index in [9.17, 15) is 0 Å². The van der Waals surface area contributed by atoms with Crippen molar-refractivity contribution in [2.45, 2.75) is 59.7 Å². The van der Waals surface area contributed by atoms with Gasteiger partial charge >= 0.3 is 0 Å². The lowest BCUT2D eigenvalue weighted by Gasteiger charge is -2.23. The van der Waals surface area contributed by atoms with Crippen molar-refractivity contribution in [3.8, 4) is 0 Å². The summed E-state index contributed by atoms with van der Waals surface area (Å²) in [7, 11) is 1.81. The van der Waals surface area contributed by atoms with Crippen molar-refractivity contribution in [2.24, 2.45) is 10.4 Å². The molecule has 150 valence electrons. The molecule has 5 nitrogen and oxygen atoms in total. The number of halogens is 1. The van der Waals surface area contributed by atoms with E-state index in [0.717, 1.165) is 24.7 Å². The molecule has 2 N–H and O–H groups in total. The first-order chi connectivity index (χ1) is 12.4. The fourth-order valence-electron chi connectivity index (χ4n) is 2.74. The molecule has 0 saturated heterocycles. The van der Waals surface area contributed by atoms with Gasteiger partial charge in [0.05, 0.1) is 6.54 Å². The zero-order valence-electron chi connectivity index (χ0n) is 17.2. The van der Waals surface area contributed by atoms with Crippen LogP contribution in [0.3, 0.4) is 0 Å². The van der Waals surface area contributed by atoms with Crippen LogP contribution in [0.4, 0.5) is 0 Å². The highest BCUT2D eigenvalue weighted by Crippen LogP contribution is 2.21. The molecule has 1 atom stereocenters. The minimum Gasteiger partial charge on any atom is -0.354 e. The Bertz CT molecular complexity index is 688. The smallest absolute Gasteiger partial charge is 0.191 e. The second kappa shape index (κ2) is 11.3. The maximum absolute atomic E-state index is 4.48. The lowest BCUT2D eigenvalue weighted by molar-refractivity contribution is 0.346. The third kappa shape index (κ3) is 8.77. The molecule has 1 heterocycles. The minimum absolute atomic E-state index is 0. The minimum atomic E-state index is 0. The van der Waals surface area contributed by atoms with Crippen molar-refractivity contribution < 1.29 is 0 Å². The van der Waals surface area contributed by atoms with Crippen LogP contribution in [0, 0.1) is 5.41 Å². The van der Waals surface area contributed by atoms with Crippen LogP contribution in [-0.2, 0) is 13.1 Å². The molecule has 1 unspecified atom stereocenters. The first-order valence-corrected chi connectivity index (χ1v) is 9.38. The van der Waals surface area contributed by atoms with E-state index in [0.29, 0.717) is 18.0 Å². The summed E-state index contributed by atoms with van der Waals surface area (Å²) in [5.41, 5.74) is 1.62. The molecule has 0 saturated carbocycles. The number of nitrogens with one attached hydrogen (secondary N) is 2. The molecule has 1 aromatic carbocycles. The van der Waals surface area contributed by atoms with Gasteiger partial charge < -0.3 is 15.2 Å². The highest BCUT2D eigenvalue weighted by atomic mass is 127. The quantitative estimate of drug-likeness (QED) is 0.348. The van der Waals surface area contributed by atoms with E-state index >= 15 is 0 Å². The maximum Gasteiger partial charge on any atom is 0.191 e. The third-order valence-corrected chi connectivity index (χ3v) is 4.35. The highest BCUT2D eigenvalue weighted by molar-refractivity contribution is 14.0. The molecule has 1 aromatic heterocycles. The standard InChI is InChI=1S/C21H33N5.HI/c1-17(11-12-21(2,3)4)25-20(22-5)24-15-19-23-13-14-26(19)16-18-9-7-6-8-10-18;/h6-10,13-14,17H,11-12,15-16H2,1-5H3,(H2,22,24,25);1H. The van der Waals surface area contributed by atoms with Crippen molar-refractivity contribution in [1.82, 2.24) is 20.2 Å². The molecule has 27 heavy (non-hydrogen) atoms. The molecule has 2 rings (SSSR count). The molecule has 6 heteroatoms. The predicted molar refractivity (Wildman–Crippen MR) is 125 cm³/mol. The summed E-state index contributed by atoms with van der Waals surface area (Å²) in [5, 5.41) is 6.85. The molecule has 0 radical (unpaired) electrons. The van der Waals surface area contributed by atoms with Gasteiger partial charge in [-0.2, -0.15) is 0 Å². The molecule has 0 fully saturated rings. The molecule has 2 aromatic rings. The van der Waals surface area contributed by atoms with Gasteiger partial charge in [0.1, 0.15) is 5.82 Å². The first kappa shape index (κ1) is 23.5. The van der Waals surface area contributed by atoms with E-state index in [1.807, 2.05) is 25.5 Å². The number of hydrogen-bond acceptors (Lipinski definition) is 2. The highest BCUT2D eigenvalue weighted by Gasteiger charge is 2.13. The van der Waals surface area contributed by atoms with E-state index < -0.39 is 0 Å². The van der Waals surface area contributed by atoms with E-state index in [-0.39, 0.29) is 24.0 Å². The summed E-state index contributed by atoms with van der Waals surface area (Å²) in [4.78, 5) is 8.83. The normalized spacial score (nSPS) is 13.0. The Balaban J connectivity index is 0.00000364. The predicted octanol–water partition coefficient (Wildman–Crippen LogP) is 4.43. The van der Waals surface area contributed by atoms with Crippen molar-refractivity contribution in [1.29, 1.82) is 0 Å². The van der Waals surface area contributed by atoms with E-state index in [4.69, 9.17) is 0 Å². The molecular formula is C21H34IN5. The molecule has 0 spiro atoms. The topological polar surface area (TPSA) is 54.2 Å². The molecule has 0 amide bonds. The Morgan fingerprint density at radius 3 is 2.56 bits per heavy atom. The number of aliphatic imine (C=N–C) groups is 1. The van der Waals surface area contributed by atoms with Crippen LogP contribution < -0.4 is 10.6 Å². The van der Waals surface area contributed by atoms with Crippen LogP contribution in [0.25, 0.3) is 0 Å². The molecule has 0 aliphatic heterocycles. The van der Waals surface area contributed by atoms with Gasteiger partial charge in [-0.05, 0) is 30.7 Å². The molecule has 0 aliphatic carbocycles. The fourth-order valence-corrected chi connectivity index (χ4v) is 2.74. The van der Waals surface area contributed by atoms with Gasteiger partial charge in [-0.25, -0.2) is 4.98 Å². The summed E-state index contributed by atoms with van der Waals surface area (Å²) >= 11 is 0. The number of imidazole rings is 1. The number of benzene rings is 1. The van der Waals surface area contributed by atoms with Gasteiger partial charge in [0.2, 0.25) is 0 Å². The van der Waals surface area contributed by atoms with E-state index in [1.165, 1.54) is 12.0 Å². The Hall–Kier alpha value is -1.57. The first-order valence-electron chi connectivity index (χ1n) is 9.38. The van der Waals surface area contributed by atoms with Crippen LogP contribution in [0.5, 0.6) is 0 Å². The van der Waals surface area contributed by atoms with E-state index in [1.54, 1.807) is 0 Å². The molecule has 0 aliphatic rings. The number of rotatable bonds is 7.